The number of hydrogen-bond donors (Lipinski definition) is 1. The van der Waals surface area contributed by atoms with Crippen molar-refractivity contribution in [3.05, 3.63) is 45.5 Å². The zero-order valence-corrected chi connectivity index (χ0v) is 11.1. The monoisotopic (exact) mass is 292 g/mol. The van der Waals surface area contributed by atoms with Crippen LogP contribution in [0.5, 0.6) is 0 Å². The van der Waals surface area contributed by atoms with E-state index >= 15 is 0 Å². The number of rotatable bonds is 6. The first-order valence-corrected chi connectivity index (χ1v) is 5.75. The number of non-ortho nitro benzene ring substituents is 1. The predicted octanol–water partition coefficient (Wildman–Crippen LogP) is 1.58. The van der Waals surface area contributed by atoms with Crippen molar-refractivity contribution in [3.63, 3.8) is 0 Å². The number of methoxy groups -OCH3 is 1. The summed E-state index contributed by atoms with van der Waals surface area (Å²) in [6, 6.07) is 6.30. The summed E-state index contributed by atoms with van der Waals surface area (Å²) in [4.78, 5) is 21.5. The molecule has 0 bridgehead atoms. The van der Waals surface area contributed by atoms with Crippen LogP contribution in [0.4, 0.5) is 5.69 Å². The summed E-state index contributed by atoms with van der Waals surface area (Å²) in [7, 11) is 1.42. The van der Waals surface area contributed by atoms with Crippen LogP contribution in [0.1, 0.15) is 5.56 Å². The summed E-state index contributed by atoms with van der Waals surface area (Å²) < 4.78 is 9.41. The third-order valence-electron chi connectivity index (χ3n) is 2.42. The molecule has 0 saturated heterocycles. The molecular formula is C13H12N2O6. The molecule has 110 valence electrons. The van der Waals surface area contributed by atoms with Gasteiger partial charge in [-0.3, -0.25) is 10.1 Å². The van der Waals surface area contributed by atoms with Crippen molar-refractivity contribution in [2.75, 3.05) is 20.3 Å². The number of carbonyl (C=O) groups is 1. The fraction of sp³-hybridized carbons (Fsp3) is 0.231. The zero-order valence-electron chi connectivity index (χ0n) is 11.1. The molecule has 0 atom stereocenters. The number of benzene rings is 1. The van der Waals surface area contributed by atoms with Crippen molar-refractivity contribution in [1.82, 2.24) is 0 Å². The van der Waals surface area contributed by atoms with Crippen molar-refractivity contribution in [1.29, 1.82) is 5.26 Å². The average Bonchev–Trinajstić information content (AvgIpc) is 2.48. The third-order valence-corrected chi connectivity index (χ3v) is 2.42. The Balaban J connectivity index is 2.99. The lowest BCUT2D eigenvalue weighted by Crippen LogP contribution is -2.12. The number of nitro groups is 1. The lowest BCUT2D eigenvalue weighted by molar-refractivity contribution is -0.384. The molecule has 8 nitrogen and oxygen atoms in total. The number of hydrogen-bond acceptors (Lipinski definition) is 7. The fourth-order valence-corrected chi connectivity index (χ4v) is 1.37. The van der Waals surface area contributed by atoms with Crippen molar-refractivity contribution in [3.8, 4) is 6.07 Å². The van der Waals surface area contributed by atoms with E-state index in [1.807, 2.05) is 0 Å². The lowest BCUT2D eigenvalue weighted by atomic mass is 10.1. The van der Waals surface area contributed by atoms with Crippen LogP contribution in [0.15, 0.2) is 29.8 Å². The molecule has 0 aliphatic rings. The largest absolute Gasteiger partial charge is 0.506 e. The van der Waals surface area contributed by atoms with E-state index in [-0.39, 0.29) is 24.5 Å². The van der Waals surface area contributed by atoms with E-state index < -0.39 is 22.2 Å². The highest BCUT2D eigenvalue weighted by atomic mass is 16.6. The molecule has 1 rings (SSSR count). The minimum Gasteiger partial charge on any atom is -0.506 e. The highest BCUT2D eigenvalue weighted by molar-refractivity contribution is 6.00. The summed E-state index contributed by atoms with van der Waals surface area (Å²) in [6.07, 6.45) is 0. The molecule has 0 heterocycles. The van der Waals surface area contributed by atoms with Crippen molar-refractivity contribution >= 4 is 17.4 Å². The Hall–Kier alpha value is -2.92. The minimum atomic E-state index is -0.995. The summed E-state index contributed by atoms with van der Waals surface area (Å²) in [5.74, 6) is -1.60. The molecule has 8 heteroatoms. The number of nitro benzene ring substituents is 1. The average molecular weight is 292 g/mol. The molecule has 21 heavy (non-hydrogen) atoms. The van der Waals surface area contributed by atoms with Crippen molar-refractivity contribution < 1.29 is 24.3 Å². The Morgan fingerprint density at radius 2 is 2.00 bits per heavy atom. The smallest absolute Gasteiger partial charge is 0.352 e. The van der Waals surface area contributed by atoms with E-state index in [0.29, 0.717) is 0 Å². The second kappa shape index (κ2) is 7.62. The van der Waals surface area contributed by atoms with Gasteiger partial charge in [0.15, 0.2) is 5.57 Å². The van der Waals surface area contributed by atoms with Gasteiger partial charge in [0.2, 0.25) is 0 Å². The van der Waals surface area contributed by atoms with Gasteiger partial charge >= 0.3 is 5.97 Å². The number of nitriles is 1. The number of esters is 1. The van der Waals surface area contributed by atoms with Crippen LogP contribution < -0.4 is 0 Å². The highest BCUT2D eigenvalue weighted by Crippen LogP contribution is 2.20. The summed E-state index contributed by atoms with van der Waals surface area (Å²) >= 11 is 0. The summed E-state index contributed by atoms with van der Waals surface area (Å²) in [5, 5.41) is 29.3. The SMILES string of the molecule is COCCOC(=O)C(C#N)=C(O)c1ccc([N+](=O)[O-])cc1. The van der Waals surface area contributed by atoms with Crippen LogP contribution in [0, 0.1) is 21.4 Å². The first-order valence-electron chi connectivity index (χ1n) is 5.75. The van der Waals surface area contributed by atoms with Crippen LogP contribution in [-0.4, -0.2) is 36.3 Å². The van der Waals surface area contributed by atoms with Gasteiger partial charge in [0.05, 0.1) is 11.5 Å². The van der Waals surface area contributed by atoms with Crippen molar-refractivity contribution in [2.45, 2.75) is 0 Å². The van der Waals surface area contributed by atoms with Crippen molar-refractivity contribution in [2.24, 2.45) is 0 Å². The summed E-state index contributed by atoms with van der Waals surface area (Å²) in [6.45, 7) is 0.0940. The van der Waals surface area contributed by atoms with E-state index in [4.69, 9.17) is 10.00 Å². The third kappa shape index (κ3) is 4.29. The molecule has 0 unspecified atom stereocenters. The normalized spacial score (nSPS) is 11.2. The predicted molar refractivity (Wildman–Crippen MR) is 71.1 cm³/mol. The number of aliphatic hydroxyl groups excluding tert-OH is 1. The van der Waals surface area contributed by atoms with E-state index in [1.54, 1.807) is 6.07 Å². The minimum absolute atomic E-state index is 0.0615. The first kappa shape index (κ1) is 16.1. The maximum Gasteiger partial charge on any atom is 0.352 e. The maximum absolute atomic E-state index is 11.6. The molecule has 0 amide bonds. The molecule has 0 saturated carbocycles. The molecule has 0 aromatic heterocycles. The highest BCUT2D eigenvalue weighted by Gasteiger charge is 2.18. The van der Waals surface area contributed by atoms with E-state index in [0.717, 1.165) is 12.1 Å². The molecule has 1 aromatic carbocycles. The molecule has 0 spiro atoms. The van der Waals surface area contributed by atoms with Crippen LogP contribution in [0.25, 0.3) is 5.76 Å². The first-order chi connectivity index (χ1) is 10.0. The van der Waals surface area contributed by atoms with Crippen LogP contribution in [0.3, 0.4) is 0 Å². The molecule has 0 aliphatic heterocycles. The molecule has 1 aromatic rings. The Labute approximate surface area is 120 Å². The standard InChI is InChI=1S/C13H12N2O6/c1-20-6-7-21-13(17)11(8-14)12(16)9-2-4-10(5-3-9)15(18)19/h2-5,16H,6-7H2,1H3. The fourth-order valence-electron chi connectivity index (χ4n) is 1.37. The summed E-state index contributed by atoms with van der Waals surface area (Å²) in [5.41, 5.74) is -0.659. The second-order valence-corrected chi connectivity index (χ2v) is 3.77. The Morgan fingerprint density at radius 1 is 1.38 bits per heavy atom. The topological polar surface area (TPSA) is 123 Å². The Kier molecular flexibility index (Phi) is 5.85. The second-order valence-electron chi connectivity index (χ2n) is 3.77. The lowest BCUT2D eigenvalue weighted by Gasteiger charge is -2.05. The Bertz CT molecular complexity index is 600. The van der Waals surface area contributed by atoms with E-state index in [2.05, 4.69) is 4.74 Å². The quantitative estimate of drug-likeness (QED) is 0.160. The maximum atomic E-state index is 11.6. The van der Waals surface area contributed by atoms with Gasteiger partial charge in [-0.2, -0.15) is 5.26 Å². The number of nitrogens with zero attached hydrogens (tertiary/aromatic N) is 2. The molecule has 0 radical (unpaired) electrons. The van der Waals surface area contributed by atoms with Crippen LogP contribution in [-0.2, 0) is 14.3 Å². The number of carbonyl (C=O) groups excluding carboxylic acids is 1. The van der Waals surface area contributed by atoms with Gasteiger partial charge in [-0.05, 0) is 12.1 Å². The zero-order chi connectivity index (χ0) is 15.8. The van der Waals surface area contributed by atoms with Gasteiger partial charge in [-0.25, -0.2) is 4.79 Å². The van der Waals surface area contributed by atoms with Crippen LogP contribution in [0.2, 0.25) is 0 Å². The van der Waals surface area contributed by atoms with Gasteiger partial charge in [-0.1, -0.05) is 0 Å². The number of aliphatic hydroxyl groups is 1. The molecule has 0 aliphatic carbocycles. The van der Waals surface area contributed by atoms with Gasteiger partial charge < -0.3 is 14.6 Å². The van der Waals surface area contributed by atoms with E-state index in [9.17, 15) is 20.0 Å². The van der Waals surface area contributed by atoms with Gasteiger partial charge in [0.25, 0.3) is 5.69 Å². The molecule has 0 fully saturated rings. The molecule has 1 N–H and O–H groups in total. The van der Waals surface area contributed by atoms with Gasteiger partial charge in [-0.15, -0.1) is 0 Å². The Morgan fingerprint density at radius 3 is 2.48 bits per heavy atom. The molecular weight excluding hydrogens is 280 g/mol. The van der Waals surface area contributed by atoms with Gasteiger partial charge in [0, 0.05) is 24.8 Å². The van der Waals surface area contributed by atoms with E-state index in [1.165, 1.54) is 19.2 Å². The van der Waals surface area contributed by atoms with Gasteiger partial charge in [0.1, 0.15) is 18.4 Å². The number of ether oxygens (including phenoxy) is 2. The van der Waals surface area contributed by atoms with Crippen LogP contribution >= 0.6 is 0 Å².